The number of piperazine rings is 1. The Hall–Kier alpha value is -3.55. The molecule has 0 N–H and O–H groups in total. The molecule has 0 bridgehead atoms. The van der Waals surface area contributed by atoms with Crippen molar-refractivity contribution in [3.8, 4) is 0 Å². The number of benzene rings is 2. The van der Waals surface area contributed by atoms with Crippen molar-refractivity contribution in [2.45, 2.75) is 19.3 Å². The Bertz CT molecular complexity index is 1010. The van der Waals surface area contributed by atoms with Crippen molar-refractivity contribution in [2.24, 2.45) is 0 Å². The number of halogens is 1. The molecular weight excluding hydrogens is 413 g/mol. The normalized spacial score (nSPS) is 15.8. The van der Waals surface area contributed by atoms with Gasteiger partial charge in [-0.25, -0.2) is 4.39 Å². The number of hydrogen-bond donors (Lipinski definition) is 0. The summed E-state index contributed by atoms with van der Waals surface area (Å²) in [4.78, 5) is 54.4. The number of fused-ring (bicyclic) bond motifs is 1. The first-order chi connectivity index (χ1) is 15.4. The van der Waals surface area contributed by atoms with Crippen LogP contribution in [0.4, 0.5) is 4.39 Å². The minimum atomic E-state index is -0.337. The van der Waals surface area contributed by atoms with Crippen LogP contribution in [0.1, 0.15) is 39.1 Å². The maximum atomic E-state index is 13.0. The summed E-state index contributed by atoms with van der Waals surface area (Å²) in [7, 11) is 0. The molecule has 32 heavy (non-hydrogen) atoms. The zero-order valence-electron chi connectivity index (χ0n) is 17.6. The first kappa shape index (κ1) is 21.7. The first-order valence-corrected chi connectivity index (χ1v) is 10.7. The number of hydrogen-bond acceptors (Lipinski definition) is 4. The summed E-state index contributed by atoms with van der Waals surface area (Å²) in [6, 6.07) is 12.6. The smallest absolute Gasteiger partial charge is 0.261 e. The second-order valence-electron chi connectivity index (χ2n) is 7.98. The van der Waals surface area contributed by atoms with Gasteiger partial charge in [0.25, 0.3) is 11.8 Å². The highest BCUT2D eigenvalue weighted by molar-refractivity contribution is 6.21. The fourth-order valence-electron chi connectivity index (χ4n) is 4.08. The Morgan fingerprint density at radius 1 is 0.781 bits per heavy atom. The van der Waals surface area contributed by atoms with Gasteiger partial charge in [0.15, 0.2) is 0 Å². The van der Waals surface area contributed by atoms with Crippen LogP contribution in [0.3, 0.4) is 0 Å². The Balaban J connectivity index is 1.20. The second kappa shape index (κ2) is 9.30. The van der Waals surface area contributed by atoms with Crippen LogP contribution in [0.5, 0.6) is 0 Å². The number of nitrogens with zero attached hydrogens (tertiary/aromatic N) is 3. The molecule has 0 radical (unpaired) electrons. The Morgan fingerprint density at radius 2 is 1.31 bits per heavy atom. The average molecular weight is 437 g/mol. The van der Waals surface area contributed by atoms with Gasteiger partial charge in [0.2, 0.25) is 11.8 Å². The van der Waals surface area contributed by atoms with Crippen LogP contribution in [0.15, 0.2) is 48.5 Å². The molecule has 0 unspecified atom stereocenters. The summed E-state index contributed by atoms with van der Waals surface area (Å²) in [6.45, 7) is 1.99. The summed E-state index contributed by atoms with van der Waals surface area (Å²) >= 11 is 0. The molecule has 2 aliphatic heterocycles. The predicted molar refractivity (Wildman–Crippen MR) is 114 cm³/mol. The van der Waals surface area contributed by atoms with Crippen LogP contribution >= 0.6 is 0 Å². The minimum Gasteiger partial charge on any atom is -0.339 e. The molecule has 2 aliphatic rings. The number of carbonyl (C=O) groups excluding carboxylic acids is 4. The standard InChI is InChI=1S/C24H24FN3O4/c25-18-9-7-17(8-10-18)16-22(30)27-14-12-26(13-15-27)21(29)6-3-11-28-23(31)19-4-1-2-5-20(19)24(28)32/h1-2,4-5,7-10H,3,6,11-16H2. The molecule has 0 spiro atoms. The molecule has 1 fully saturated rings. The van der Waals surface area contributed by atoms with E-state index in [9.17, 15) is 23.6 Å². The van der Waals surface area contributed by atoms with Gasteiger partial charge in [0.05, 0.1) is 17.5 Å². The number of carbonyl (C=O) groups is 4. The fraction of sp³-hybridized carbons (Fsp3) is 0.333. The lowest BCUT2D eigenvalue weighted by atomic mass is 10.1. The van der Waals surface area contributed by atoms with Crippen LogP contribution in [0.2, 0.25) is 0 Å². The summed E-state index contributed by atoms with van der Waals surface area (Å²) in [5.41, 5.74) is 1.57. The van der Waals surface area contributed by atoms with E-state index in [2.05, 4.69) is 0 Å². The molecule has 0 aromatic heterocycles. The zero-order valence-corrected chi connectivity index (χ0v) is 17.6. The van der Waals surface area contributed by atoms with Crippen LogP contribution in [0.25, 0.3) is 0 Å². The van der Waals surface area contributed by atoms with Crippen LogP contribution in [-0.2, 0) is 16.0 Å². The van der Waals surface area contributed by atoms with E-state index in [1.54, 1.807) is 46.2 Å². The van der Waals surface area contributed by atoms with Crippen molar-refractivity contribution in [1.29, 1.82) is 0 Å². The van der Waals surface area contributed by atoms with E-state index in [4.69, 9.17) is 0 Å². The van der Waals surface area contributed by atoms with Crippen molar-refractivity contribution in [2.75, 3.05) is 32.7 Å². The molecule has 1 saturated heterocycles. The molecule has 4 amide bonds. The summed E-state index contributed by atoms with van der Waals surface area (Å²) in [5, 5.41) is 0. The molecule has 0 atom stereocenters. The van der Waals surface area contributed by atoms with E-state index in [1.807, 2.05) is 0 Å². The minimum absolute atomic E-state index is 0.0469. The van der Waals surface area contributed by atoms with Crippen molar-refractivity contribution in [1.82, 2.24) is 14.7 Å². The van der Waals surface area contributed by atoms with Gasteiger partial charge in [-0.3, -0.25) is 24.1 Å². The van der Waals surface area contributed by atoms with Gasteiger partial charge >= 0.3 is 0 Å². The van der Waals surface area contributed by atoms with E-state index in [0.717, 1.165) is 5.56 Å². The lowest BCUT2D eigenvalue weighted by Crippen LogP contribution is -2.51. The second-order valence-corrected chi connectivity index (χ2v) is 7.98. The van der Waals surface area contributed by atoms with Crippen molar-refractivity contribution in [3.05, 3.63) is 71.0 Å². The van der Waals surface area contributed by atoms with Gasteiger partial charge < -0.3 is 9.80 Å². The third-order valence-corrected chi connectivity index (χ3v) is 5.90. The van der Waals surface area contributed by atoms with Crippen LogP contribution in [0, 0.1) is 5.82 Å². The fourth-order valence-corrected chi connectivity index (χ4v) is 4.08. The molecular formula is C24H24FN3O4. The zero-order chi connectivity index (χ0) is 22.7. The summed E-state index contributed by atoms with van der Waals surface area (Å²) in [5.74, 6) is -1.06. The number of rotatable bonds is 6. The van der Waals surface area contributed by atoms with Gasteiger partial charge in [-0.15, -0.1) is 0 Å². The molecule has 0 saturated carbocycles. The predicted octanol–water partition coefficient (Wildman–Crippen LogP) is 2.12. The SMILES string of the molecule is O=C(CCCN1C(=O)c2ccccc2C1=O)N1CCN(C(=O)Cc2ccc(F)cc2)CC1. The van der Waals surface area contributed by atoms with E-state index in [1.165, 1.54) is 17.0 Å². The van der Waals surface area contributed by atoms with E-state index in [0.29, 0.717) is 43.7 Å². The lowest BCUT2D eigenvalue weighted by Gasteiger charge is -2.35. The quantitative estimate of drug-likeness (QED) is 0.649. The van der Waals surface area contributed by atoms with Crippen molar-refractivity contribution < 1.29 is 23.6 Å². The van der Waals surface area contributed by atoms with Gasteiger partial charge in [0.1, 0.15) is 5.82 Å². The van der Waals surface area contributed by atoms with Gasteiger partial charge in [0, 0.05) is 39.1 Å². The Morgan fingerprint density at radius 3 is 1.88 bits per heavy atom. The third-order valence-electron chi connectivity index (χ3n) is 5.90. The van der Waals surface area contributed by atoms with E-state index < -0.39 is 0 Å². The van der Waals surface area contributed by atoms with Crippen LogP contribution in [-0.4, -0.2) is 71.1 Å². The Kier molecular flexibility index (Phi) is 6.30. The van der Waals surface area contributed by atoms with E-state index in [-0.39, 0.29) is 48.8 Å². The van der Waals surface area contributed by atoms with Gasteiger partial charge in [-0.2, -0.15) is 0 Å². The topological polar surface area (TPSA) is 78.0 Å². The average Bonchev–Trinajstić information content (AvgIpc) is 3.05. The largest absolute Gasteiger partial charge is 0.339 e. The lowest BCUT2D eigenvalue weighted by molar-refractivity contribution is -0.139. The molecule has 0 aliphatic carbocycles. The highest BCUT2D eigenvalue weighted by atomic mass is 19.1. The molecule has 2 aromatic carbocycles. The first-order valence-electron chi connectivity index (χ1n) is 10.7. The molecule has 2 aromatic rings. The molecule has 8 heteroatoms. The Labute approximate surface area is 185 Å². The molecule has 2 heterocycles. The van der Waals surface area contributed by atoms with Gasteiger partial charge in [-0.05, 0) is 36.2 Å². The molecule has 166 valence electrons. The van der Waals surface area contributed by atoms with Crippen molar-refractivity contribution >= 4 is 23.6 Å². The number of imide groups is 1. The number of amides is 4. The van der Waals surface area contributed by atoms with Crippen molar-refractivity contribution in [3.63, 3.8) is 0 Å². The summed E-state index contributed by atoms with van der Waals surface area (Å²) < 4.78 is 13.0. The van der Waals surface area contributed by atoms with Crippen LogP contribution < -0.4 is 0 Å². The molecule has 7 nitrogen and oxygen atoms in total. The third kappa shape index (κ3) is 4.54. The monoisotopic (exact) mass is 437 g/mol. The highest BCUT2D eigenvalue weighted by Gasteiger charge is 2.34. The van der Waals surface area contributed by atoms with E-state index >= 15 is 0 Å². The maximum absolute atomic E-state index is 13.0. The molecule has 4 rings (SSSR count). The maximum Gasteiger partial charge on any atom is 0.261 e. The van der Waals surface area contributed by atoms with Gasteiger partial charge in [-0.1, -0.05) is 24.3 Å². The summed E-state index contributed by atoms with van der Waals surface area (Å²) in [6.07, 6.45) is 0.833. The highest BCUT2D eigenvalue weighted by Crippen LogP contribution is 2.22.